The molecule has 0 atom stereocenters. The molecule has 0 aromatic heterocycles. The largest absolute Gasteiger partial charge is 0.316 e. The summed E-state index contributed by atoms with van der Waals surface area (Å²) in [6.45, 7) is 11.1. The second-order valence-corrected chi connectivity index (χ2v) is 6.22. The highest BCUT2D eigenvalue weighted by atomic mass is 15.1. The fourth-order valence-electron chi connectivity index (χ4n) is 3.46. The van der Waals surface area contributed by atoms with Crippen molar-refractivity contribution in [2.24, 2.45) is 0 Å². The van der Waals surface area contributed by atoms with Crippen molar-refractivity contribution < 1.29 is 0 Å². The monoisotopic (exact) mass is 290 g/mol. The normalized spacial score (nSPS) is 17.8. The number of piperidine rings is 1. The van der Waals surface area contributed by atoms with Gasteiger partial charge in [-0.1, -0.05) is 60.7 Å². The lowest BCUT2D eigenvalue weighted by Gasteiger charge is -2.39. The standard InChI is InChI=1S/C20H22N2/c1-21-17-20(19-10-6-3-7-11-19)12-14-22(15-13-20)16-18-8-4-2-5-9-18/h2-11H,12-17H2. The van der Waals surface area contributed by atoms with E-state index in [1.54, 1.807) is 0 Å². The van der Waals surface area contributed by atoms with E-state index in [0.717, 1.165) is 32.5 Å². The lowest BCUT2D eigenvalue weighted by atomic mass is 9.73. The van der Waals surface area contributed by atoms with Crippen LogP contribution in [0, 0.1) is 6.57 Å². The van der Waals surface area contributed by atoms with Gasteiger partial charge in [-0.15, -0.1) is 0 Å². The number of nitrogens with zero attached hydrogens (tertiary/aromatic N) is 2. The van der Waals surface area contributed by atoms with Crippen LogP contribution >= 0.6 is 0 Å². The molecular weight excluding hydrogens is 268 g/mol. The van der Waals surface area contributed by atoms with Crippen LogP contribution in [-0.4, -0.2) is 24.5 Å². The molecule has 1 saturated heterocycles. The molecule has 1 heterocycles. The van der Waals surface area contributed by atoms with Gasteiger partial charge < -0.3 is 4.85 Å². The molecule has 112 valence electrons. The third-order valence-corrected chi connectivity index (χ3v) is 4.83. The van der Waals surface area contributed by atoms with Crippen molar-refractivity contribution in [3.8, 4) is 0 Å². The summed E-state index contributed by atoms with van der Waals surface area (Å²) >= 11 is 0. The second-order valence-electron chi connectivity index (χ2n) is 6.22. The smallest absolute Gasteiger partial charge is 0.224 e. The van der Waals surface area contributed by atoms with Crippen molar-refractivity contribution in [2.45, 2.75) is 24.8 Å². The highest BCUT2D eigenvalue weighted by molar-refractivity contribution is 5.28. The summed E-state index contributed by atoms with van der Waals surface area (Å²) in [7, 11) is 0. The molecule has 2 aromatic carbocycles. The number of likely N-dealkylation sites (tertiary alicyclic amines) is 1. The van der Waals surface area contributed by atoms with E-state index in [2.05, 4.69) is 70.4 Å². The van der Waals surface area contributed by atoms with Gasteiger partial charge in [0, 0.05) is 6.54 Å². The summed E-state index contributed by atoms with van der Waals surface area (Å²) in [4.78, 5) is 6.26. The van der Waals surface area contributed by atoms with Gasteiger partial charge >= 0.3 is 0 Å². The molecule has 0 amide bonds. The fraction of sp³-hybridized carbons (Fsp3) is 0.350. The molecule has 0 aliphatic carbocycles. The van der Waals surface area contributed by atoms with E-state index in [9.17, 15) is 0 Å². The van der Waals surface area contributed by atoms with E-state index in [1.807, 2.05) is 0 Å². The van der Waals surface area contributed by atoms with Gasteiger partial charge in [-0.3, -0.25) is 4.90 Å². The van der Waals surface area contributed by atoms with Crippen LogP contribution in [0.25, 0.3) is 4.85 Å². The number of hydrogen-bond acceptors (Lipinski definition) is 1. The summed E-state index contributed by atoms with van der Waals surface area (Å²) < 4.78 is 0. The van der Waals surface area contributed by atoms with Crippen LogP contribution in [0.1, 0.15) is 24.0 Å². The first kappa shape index (κ1) is 14.8. The summed E-state index contributed by atoms with van der Waals surface area (Å²) in [5, 5.41) is 0. The minimum absolute atomic E-state index is 0.0518. The maximum Gasteiger partial charge on any atom is 0.224 e. The Labute approximate surface area is 133 Å². The van der Waals surface area contributed by atoms with Crippen LogP contribution in [0.4, 0.5) is 0 Å². The number of benzene rings is 2. The van der Waals surface area contributed by atoms with Gasteiger partial charge in [-0.05, 0) is 37.1 Å². The first-order valence-electron chi connectivity index (χ1n) is 7.97. The molecular formula is C20H22N2. The average molecular weight is 290 g/mol. The molecule has 2 aromatic rings. The fourth-order valence-corrected chi connectivity index (χ4v) is 3.46. The van der Waals surface area contributed by atoms with E-state index in [0.29, 0.717) is 6.54 Å². The maximum absolute atomic E-state index is 7.35. The zero-order valence-corrected chi connectivity index (χ0v) is 12.9. The lowest BCUT2D eigenvalue weighted by Crippen LogP contribution is -2.43. The predicted molar refractivity (Wildman–Crippen MR) is 90.5 cm³/mol. The zero-order valence-electron chi connectivity index (χ0n) is 12.9. The van der Waals surface area contributed by atoms with Crippen molar-refractivity contribution >= 4 is 0 Å². The van der Waals surface area contributed by atoms with Gasteiger partial charge in [0.25, 0.3) is 0 Å². The molecule has 0 radical (unpaired) electrons. The van der Waals surface area contributed by atoms with Crippen molar-refractivity contribution in [3.05, 3.63) is 83.2 Å². The number of hydrogen-bond donors (Lipinski definition) is 0. The SMILES string of the molecule is [C-]#[N+]CC1(c2ccccc2)CCN(Cc2ccccc2)CC1. The number of rotatable bonds is 4. The molecule has 1 aliphatic rings. The summed E-state index contributed by atoms with van der Waals surface area (Å²) in [5.74, 6) is 0. The van der Waals surface area contributed by atoms with Gasteiger partial charge in [0.1, 0.15) is 0 Å². The Morgan fingerprint density at radius 1 is 0.909 bits per heavy atom. The Bertz CT molecular complexity index is 620. The van der Waals surface area contributed by atoms with Gasteiger partial charge in [-0.25, -0.2) is 6.57 Å². The average Bonchev–Trinajstić information content (AvgIpc) is 2.59. The van der Waals surface area contributed by atoms with Crippen LogP contribution < -0.4 is 0 Å². The summed E-state index contributed by atoms with van der Waals surface area (Å²) in [5.41, 5.74) is 2.76. The zero-order chi connectivity index (χ0) is 15.3. The molecule has 1 fully saturated rings. The second kappa shape index (κ2) is 6.77. The maximum atomic E-state index is 7.35. The molecule has 0 saturated carbocycles. The Balaban J connectivity index is 1.69. The van der Waals surface area contributed by atoms with Crippen molar-refractivity contribution in [3.63, 3.8) is 0 Å². The van der Waals surface area contributed by atoms with E-state index in [1.165, 1.54) is 11.1 Å². The lowest BCUT2D eigenvalue weighted by molar-refractivity contribution is 0.160. The Kier molecular flexibility index (Phi) is 4.56. The minimum atomic E-state index is 0.0518. The predicted octanol–water partition coefficient (Wildman–Crippen LogP) is 4.14. The summed E-state index contributed by atoms with van der Waals surface area (Å²) in [6, 6.07) is 21.3. The Morgan fingerprint density at radius 3 is 2.09 bits per heavy atom. The first-order chi connectivity index (χ1) is 10.8. The topological polar surface area (TPSA) is 7.60 Å². The highest BCUT2D eigenvalue weighted by Crippen LogP contribution is 2.36. The van der Waals surface area contributed by atoms with Crippen LogP contribution in [0.3, 0.4) is 0 Å². The van der Waals surface area contributed by atoms with Crippen LogP contribution in [0.5, 0.6) is 0 Å². The van der Waals surface area contributed by atoms with Gasteiger partial charge in [0.2, 0.25) is 6.54 Å². The molecule has 0 N–H and O–H groups in total. The first-order valence-corrected chi connectivity index (χ1v) is 7.97. The van der Waals surface area contributed by atoms with Crippen LogP contribution in [0.15, 0.2) is 60.7 Å². The third kappa shape index (κ3) is 3.21. The van der Waals surface area contributed by atoms with Gasteiger partial charge in [0.15, 0.2) is 0 Å². The van der Waals surface area contributed by atoms with Crippen LogP contribution in [0.2, 0.25) is 0 Å². The molecule has 2 heteroatoms. The van der Waals surface area contributed by atoms with Crippen LogP contribution in [-0.2, 0) is 12.0 Å². The van der Waals surface area contributed by atoms with E-state index < -0.39 is 0 Å². The van der Waals surface area contributed by atoms with Gasteiger partial charge in [0.05, 0.1) is 5.41 Å². The Hall–Kier alpha value is -2.11. The minimum Gasteiger partial charge on any atom is -0.316 e. The van der Waals surface area contributed by atoms with Gasteiger partial charge in [-0.2, -0.15) is 0 Å². The van der Waals surface area contributed by atoms with E-state index >= 15 is 0 Å². The van der Waals surface area contributed by atoms with E-state index in [-0.39, 0.29) is 5.41 Å². The molecule has 0 spiro atoms. The summed E-state index contributed by atoms with van der Waals surface area (Å²) in [6.07, 6.45) is 2.15. The molecule has 2 nitrogen and oxygen atoms in total. The molecule has 1 aliphatic heterocycles. The molecule has 3 rings (SSSR count). The molecule has 0 bridgehead atoms. The highest BCUT2D eigenvalue weighted by Gasteiger charge is 2.39. The quantitative estimate of drug-likeness (QED) is 0.768. The van der Waals surface area contributed by atoms with Crippen molar-refractivity contribution in [1.29, 1.82) is 0 Å². The molecule has 22 heavy (non-hydrogen) atoms. The third-order valence-electron chi connectivity index (χ3n) is 4.83. The van der Waals surface area contributed by atoms with Crippen molar-refractivity contribution in [1.82, 2.24) is 4.90 Å². The van der Waals surface area contributed by atoms with Crippen molar-refractivity contribution in [2.75, 3.05) is 19.6 Å². The molecule has 0 unspecified atom stereocenters. The Morgan fingerprint density at radius 2 is 1.50 bits per heavy atom. The van der Waals surface area contributed by atoms with E-state index in [4.69, 9.17) is 6.57 Å².